The fraction of sp³-hybridized carbons (Fsp3) is 0.455. The molecule has 0 radical (unpaired) electrons. The average Bonchev–Trinajstić information content (AvgIpc) is 2.75. The number of fused-ring (bicyclic) bond motifs is 2. The highest BCUT2D eigenvalue weighted by atomic mass is 19.1. The molecule has 0 saturated carbocycles. The van der Waals surface area contributed by atoms with Crippen molar-refractivity contribution in [2.45, 2.75) is 50.1 Å². The summed E-state index contributed by atoms with van der Waals surface area (Å²) in [4.78, 5) is 0. The topological polar surface area (TPSA) is 91.2 Å². The Hall–Kier alpha value is -2.42. The Bertz CT molecular complexity index is 909. The summed E-state index contributed by atoms with van der Waals surface area (Å²) in [5, 5.41) is 33.3. The molecule has 6 nitrogen and oxygen atoms in total. The van der Waals surface area contributed by atoms with Crippen LogP contribution in [0.15, 0.2) is 30.3 Å². The Labute approximate surface area is 173 Å². The summed E-state index contributed by atoms with van der Waals surface area (Å²) in [5.41, 5.74) is 1.11. The van der Waals surface area contributed by atoms with Gasteiger partial charge in [-0.15, -0.1) is 0 Å². The second-order valence-corrected chi connectivity index (χ2v) is 7.81. The van der Waals surface area contributed by atoms with Crippen LogP contribution < -0.4 is 14.8 Å². The minimum absolute atomic E-state index is 0.187. The van der Waals surface area contributed by atoms with Crippen molar-refractivity contribution in [3.63, 3.8) is 0 Å². The lowest BCUT2D eigenvalue weighted by molar-refractivity contribution is 0.00864. The second-order valence-electron chi connectivity index (χ2n) is 7.81. The Kier molecular flexibility index (Phi) is 6.08. The van der Waals surface area contributed by atoms with E-state index in [0.717, 1.165) is 5.56 Å². The number of hydrogen-bond acceptors (Lipinski definition) is 6. The summed E-state index contributed by atoms with van der Waals surface area (Å²) in [6, 6.07) is 7.07. The van der Waals surface area contributed by atoms with Crippen LogP contribution in [0.2, 0.25) is 0 Å². The van der Waals surface area contributed by atoms with Gasteiger partial charge in [0.05, 0.1) is 0 Å². The minimum atomic E-state index is -0.849. The maximum absolute atomic E-state index is 13.9. The third kappa shape index (κ3) is 4.35. The number of aryl methyl sites for hydroxylation is 1. The van der Waals surface area contributed by atoms with E-state index < -0.39 is 36.0 Å². The Morgan fingerprint density at radius 2 is 1.57 bits per heavy atom. The first-order valence-electron chi connectivity index (χ1n) is 10.1. The molecule has 0 spiro atoms. The summed E-state index contributed by atoms with van der Waals surface area (Å²) >= 11 is 0. The first-order chi connectivity index (χ1) is 14.4. The summed E-state index contributed by atoms with van der Waals surface area (Å²) < 4.78 is 38.7. The quantitative estimate of drug-likeness (QED) is 0.571. The largest absolute Gasteiger partial charge is 0.505 e. The maximum atomic E-state index is 13.9. The summed E-state index contributed by atoms with van der Waals surface area (Å²) in [6.45, 7) is 0.399. The molecule has 8 heteroatoms. The summed E-state index contributed by atoms with van der Waals surface area (Å²) in [7, 11) is 0. The predicted octanol–water partition coefficient (Wildman–Crippen LogP) is 2.07. The monoisotopic (exact) mass is 421 g/mol. The molecule has 2 heterocycles. The number of rotatable bonds is 6. The molecule has 0 aromatic heterocycles. The highest BCUT2D eigenvalue weighted by molar-refractivity contribution is 5.42. The lowest BCUT2D eigenvalue weighted by atomic mass is 9.97. The van der Waals surface area contributed by atoms with Gasteiger partial charge in [0.15, 0.2) is 11.6 Å². The van der Waals surface area contributed by atoms with Crippen molar-refractivity contribution in [2.24, 2.45) is 0 Å². The number of nitrogens with one attached hydrogen (secondary N) is 1. The molecule has 1 unspecified atom stereocenters. The molecule has 0 amide bonds. The fourth-order valence-corrected chi connectivity index (χ4v) is 4.01. The number of hydrogen-bond donors (Lipinski definition) is 4. The van der Waals surface area contributed by atoms with Gasteiger partial charge in [-0.1, -0.05) is 0 Å². The molecule has 4 atom stereocenters. The number of ether oxygens (including phenoxy) is 2. The van der Waals surface area contributed by atoms with E-state index in [2.05, 4.69) is 5.32 Å². The summed E-state index contributed by atoms with van der Waals surface area (Å²) in [5.74, 6) is -0.493. The Balaban J connectivity index is 1.25. The highest BCUT2D eigenvalue weighted by Crippen LogP contribution is 2.34. The molecule has 2 aliphatic rings. The van der Waals surface area contributed by atoms with Crippen LogP contribution in [-0.4, -0.2) is 52.8 Å². The van der Waals surface area contributed by atoms with E-state index in [0.29, 0.717) is 42.7 Å². The van der Waals surface area contributed by atoms with Crippen LogP contribution in [0.5, 0.6) is 17.2 Å². The van der Waals surface area contributed by atoms with E-state index in [1.165, 1.54) is 24.3 Å². The van der Waals surface area contributed by atoms with E-state index >= 15 is 0 Å². The number of aromatic hydroxyl groups is 1. The van der Waals surface area contributed by atoms with Gasteiger partial charge >= 0.3 is 0 Å². The van der Waals surface area contributed by atoms with Gasteiger partial charge in [0.2, 0.25) is 0 Å². The van der Waals surface area contributed by atoms with Gasteiger partial charge in [-0.25, -0.2) is 8.78 Å². The van der Waals surface area contributed by atoms with E-state index in [1.54, 1.807) is 6.07 Å². The molecule has 162 valence electrons. The van der Waals surface area contributed by atoms with Crippen molar-refractivity contribution in [3.8, 4) is 17.2 Å². The van der Waals surface area contributed by atoms with Crippen molar-refractivity contribution in [2.75, 3.05) is 13.1 Å². The van der Waals surface area contributed by atoms with Crippen molar-refractivity contribution in [1.29, 1.82) is 0 Å². The molecule has 2 aliphatic heterocycles. The van der Waals surface area contributed by atoms with E-state index in [1.807, 2.05) is 0 Å². The molecular weight excluding hydrogens is 396 g/mol. The van der Waals surface area contributed by atoms with Crippen LogP contribution in [0.25, 0.3) is 0 Å². The van der Waals surface area contributed by atoms with Crippen LogP contribution in [0.4, 0.5) is 8.78 Å². The van der Waals surface area contributed by atoms with E-state index in [4.69, 9.17) is 9.47 Å². The van der Waals surface area contributed by atoms with Crippen molar-refractivity contribution < 1.29 is 33.6 Å². The zero-order valence-electron chi connectivity index (χ0n) is 16.4. The SMILES string of the molecule is Oc1ccc2c(c1F)CC[C@@H]([C@@H](O)CNCC(O)[C@H]1CCc3cc(F)ccc3O1)O2. The molecule has 0 fully saturated rings. The first kappa shape index (κ1) is 20.8. The number of aliphatic hydroxyl groups excluding tert-OH is 2. The van der Waals surface area contributed by atoms with Gasteiger partial charge in [-0.2, -0.15) is 0 Å². The van der Waals surface area contributed by atoms with E-state index in [9.17, 15) is 24.1 Å². The molecule has 0 bridgehead atoms. The maximum Gasteiger partial charge on any atom is 0.171 e. The van der Waals surface area contributed by atoms with Gasteiger partial charge in [0, 0.05) is 18.7 Å². The first-order valence-corrected chi connectivity index (χ1v) is 10.1. The fourth-order valence-electron chi connectivity index (χ4n) is 4.01. The van der Waals surface area contributed by atoms with Crippen LogP contribution in [-0.2, 0) is 12.8 Å². The number of aliphatic hydroxyl groups is 2. The smallest absolute Gasteiger partial charge is 0.171 e. The highest BCUT2D eigenvalue weighted by Gasteiger charge is 2.30. The van der Waals surface area contributed by atoms with Crippen LogP contribution >= 0.6 is 0 Å². The van der Waals surface area contributed by atoms with Crippen molar-refractivity contribution in [1.82, 2.24) is 5.32 Å². The Morgan fingerprint density at radius 1 is 0.933 bits per heavy atom. The normalized spacial score (nSPS) is 22.3. The molecule has 30 heavy (non-hydrogen) atoms. The predicted molar refractivity (Wildman–Crippen MR) is 105 cm³/mol. The zero-order chi connectivity index (χ0) is 21.3. The molecule has 4 N–H and O–H groups in total. The van der Waals surface area contributed by atoms with Crippen molar-refractivity contribution >= 4 is 0 Å². The Morgan fingerprint density at radius 3 is 2.30 bits per heavy atom. The van der Waals surface area contributed by atoms with Gasteiger partial charge in [-0.05, 0) is 61.6 Å². The van der Waals surface area contributed by atoms with Gasteiger partial charge < -0.3 is 30.1 Å². The molecule has 2 aromatic rings. The minimum Gasteiger partial charge on any atom is -0.505 e. The third-order valence-electron chi connectivity index (χ3n) is 5.70. The lowest BCUT2D eigenvalue weighted by Crippen LogP contribution is -2.46. The standard InChI is InChI=1S/C22H25F2NO5/c23-13-2-6-18-12(9-13)1-5-20(29-18)16(27)10-25-11-17(28)21-7-3-14-19(30-21)8-4-15(26)22(14)24/h2,4,6,8-9,16-17,20-21,25-28H,1,3,5,7,10-11H2/t16?,17-,20+,21-/m0/s1. The second kappa shape index (κ2) is 8.75. The average molecular weight is 421 g/mol. The molecule has 0 saturated heterocycles. The molecule has 0 aliphatic carbocycles. The van der Waals surface area contributed by atoms with Crippen LogP contribution in [0.1, 0.15) is 24.0 Å². The van der Waals surface area contributed by atoms with E-state index in [-0.39, 0.29) is 18.9 Å². The van der Waals surface area contributed by atoms with Gasteiger partial charge in [0.25, 0.3) is 0 Å². The third-order valence-corrected chi connectivity index (χ3v) is 5.70. The molecule has 4 rings (SSSR count). The van der Waals surface area contributed by atoms with Crippen LogP contribution in [0.3, 0.4) is 0 Å². The molecule has 2 aromatic carbocycles. The number of benzene rings is 2. The zero-order valence-corrected chi connectivity index (χ0v) is 16.4. The van der Waals surface area contributed by atoms with Gasteiger partial charge in [-0.3, -0.25) is 0 Å². The number of halogens is 2. The summed E-state index contributed by atoms with van der Waals surface area (Å²) in [6.07, 6.45) is -0.603. The number of phenols is 1. The van der Waals surface area contributed by atoms with Crippen LogP contribution in [0, 0.1) is 11.6 Å². The number of phenolic OH excluding ortho intramolecular Hbond substituents is 1. The van der Waals surface area contributed by atoms with Crippen molar-refractivity contribution in [3.05, 3.63) is 53.1 Å². The van der Waals surface area contributed by atoms with Gasteiger partial charge in [0.1, 0.15) is 41.7 Å². The molecular formula is C22H25F2NO5. The lowest BCUT2D eigenvalue weighted by Gasteiger charge is -2.31.